The number of benzene rings is 1. The van der Waals surface area contributed by atoms with Crippen LogP contribution in [0.2, 0.25) is 0 Å². The van der Waals surface area contributed by atoms with Crippen molar-refractivity contribution in [3.63, 3.8) is 0 Å². The lowest BCUT2D eigenvalue weighted by Crippen LogP contribution is -1.77. The van der Waals surface area contributed by atoms with E-state index in [0.717, 1.165) is 6.42 Å². The predicted molar refractivity (Wildman–Crippen MR) is 49.2 cm³/mol. The molecule has 0 aliphatic heterocycles. The summed E-state index contributed by atoms with van der Waals surface area (Å²) in [4.78, 5) is 8.36. The lowest BCUT2D eigenvalue weighted by molar-refractivity contribution is -0.122. The van der Waals surface area contributed by atoms with Gasteiger partial charge in [0.15, 0.2) is 0 Å². The van der Waals surface area contributed by atoms with Crippen LogP contribution in [0.4, 0.5) is 0 Å². The molecule has 0 saturated carbocycles. The molecule has 2 heteroatoms. The highest BCUT2D eigenvalue weighted by Gasteiger charge is 1.84. The number of carbonyl (C=O) groups is 1. The van der Waals surface area contributed by atoms with Crippen LogP contribution in [0.15, 0.2) is 24.3 Å². The molecule has 0 aromatic heterocycles. The van der Waals surface area contributed by atoms with Crippen molar-refractivity contribution >= 4 is 6.47 Å². The van der Waals surface area contributed by atoms with E-state index >= 15 is 0 Å². The molecule has 2 nitrogen and oxygen atoms in total. The Hall–Kier alpha value is -1.31. The van der Waals surface area contributed by atoms with E-state index in [1.165, 1.54) is 11.1 Å². The van der Waals surface area contributed by atoms with Crippen LogP contribution >= 0.6 is 0 Å². The number of hydrogen-bond acceptors (Lipinski definition) is 1. The van der Waals surface area contributed by atoms with Crippen molar-refractivity contribution in [2.24, 2.45) is 0 Å². The Morgan fingerprint density at radius 1 is 1.33 bits per heavy atom. The Morgan fingerprint density at radius 2 is 1.75 bits per heavy atom. The van der Waals surface area contributed by atoms with Gasteiger partial charge >= 0.3 is 0 Å². The van der Waals surface area contributed by atoms with E-state index in [0.29, 0.717) is 0 Å². The third-order valence-electron chi connectivity index (χ3n) is 1.53. The van der Waals surface area contributed by atoms with Gasteiger partial charge in [-0.2, -0.15) is 0 Å². The van der Waals surface area contributed by atoms with Crippen molar-refractivity contribution in [2.45, 2.75) is 20.3 Å². The Morgan fingerprint density at radius 3 is 2.08 bits per heavy atom. The summed E-state index contributed by atoms with van der Waals surface area (Å²) in [6, 6.07) is 8.66. The third-order valence-corrected chi connectivity index (χ3v) is 1.53. The lowest BCUT2D eigenvalue weighted by Gasteiger charge is -1.94. The molecule has 0 atom stereocenters. The zero-order valence-corrected chi connectivity index (χ0v) is 7.45. The van der Waals surface area contributed by atoms with Crippen molar-refractivity contribution in [2.75, 3.05) is 0 Å². The molecule has 1 aromatic carbocycles. The molecule has 0 fully saturated rings. The molecule has 0 saturated heterocycles. The second-order valence-corrected chi connectivity index (χ2v) is 2.44. The summed E-state index contributed by atoms with van der Waals surface area (Å²) in [5, 5.41) is 6.89. The predicted octanol–water partition coefficient (Wildman–Crippen LogP) is 2.26. The molecule has 0 radical (unpaired) electrons. The first-order chi connectivity index (χ1) is 5.74. The second-order valence-electron chi connectivity index (χ2n) is 2.44. The van der Waals surface area contributed by atoms with Gasteiger partial charge in [0.1, 0.15) is 0 Å². The highest BCUT2D eigenvalue weighted by molar-refractivity contribution is 5.32. The minimum absolute atomic E-state index is 0.250. The molecule has 0 aliphatic rings. The zero-order valence-electron chi connectivity index (χ0n) is 7.45. The monoisotopic (exact) mass is 166 g/mol. The molecule has 0 spiro atoms. The Kier molecular flexibility index (Phi) is 5.70. The van der Waals surface area contributed by atoms with Crippen LogP contribution in [-0.2, 0) is 11.2 Å². The van der Waals surface area contributed by atoms with Crippen molar-refractivity contribution in [3.8, 4) is 0 Å². The maximum absolute atomic E-state index is 8.36. The number of hydrogen-bond donors (Lipinski definition) is 1. The van der Waals surface area contributed by atoms with Gasteiger partial charge < -0.3 is 5.11 Å². The first-order valence-electron chi connectivity index (χ1n) is 3.88. The molecule has 1 aromatic rings. The Bertz CT molecular complexity index is 214. The average Bonchev–Trinajstić information content (AvgIpc) is 2.07. The lowest BCUT2D eigenvalue weighted by atomic mass is 10.1. The maximum Gasteiger partial charge on any atom is 0.290 e. The first kappa shape index (κ1) is 10.7. The summed E-state index contributed by atoms with van der Waals surface area (Å²) in [7, 11) is 0. The van der Waals surface area contributed by atoms with Crippen LogP contribution in [0.25, 0.3) is 0 Å². The fourth-order valence-corrected chi connectivity index (χ4v) is 0.824. The van der Waals surface area contributed by atoms with Gasteiger partial charge in [-0.1, -0.05) is 36.8 Å². The van der Waals surface area contributed by atoms with Crippen molar-refractivity contribution < 1.29 is 9.90 Å². The molecule has 0 aliphatic carbocycles. The summed E-state index contributed by atoms with van der Waals surface area (Å²) >= 11 is 0. The Balaban J connectivity index is 0.000000354. The summed E-state index contributed by atoms with van der Waals surface area (Å²) in [6.07, 6.45) is 1.14. The third kappa shape index (κ3) is 4.50. The highest BCUT2D eigenvalue weighted by Crippen LogP contribution is 2.02. The van der Waals surface area contributed by atoms with Crippen LogP contribution in [0.5, 0.6) is 0 Å². The molecule has 12 heavy (non-hydrogen) atoms. The topological polar surface area (TPSA) is 37.3 Å². The van der Waals surface area contributed by atoms with Gasteiger partial charge in [0.05, 0.1) is 0 Å². The minimum Gasteiger partial charge on any atom is -0.483 e. The molecule has 1 N–H and O–H groups in total. The largest absolute Gasteiger partial charge is 0.483 e. The van der Waals surface area contributed by atoms with Crippen LogP contribution in [0.3, 0.4) is 0 Å². The van der Waals surface area contributed by atoms with E-state index in [4.69, 9.17) is 9.90 Å². The fourth-order valence-electron chi connectivity index (χ4n) is 0.824. The summed E-state index contributed by atoms with van der Waals surface area (Å²) < 4.78 is 0. The maximum atomic E-state index is 8.36. The van der Waals surface area contributed by atoms with Crippen LogP contribution in [-0.4, -0.2) is 11.6 Å². The molecule has 66 valence electrons. The zero-order chi connectivity index (χ0) is 9.40. The number of rotatable bonds is 1. The standard InChI is InChI=1S/C9H12.CH2O2/c1-3-9-6-4-8(2)5-7-9;2-1-3/h4-7H,3H2,1-2H3;1H,(H,2,3). The van der Waals surface area contributed by atoms with Gasteiger partial charge in [-0.05, 0) is 18.9 Å². The van der Waals surface area contributed by atoms with Gasteiger partial charge in [-0.15, -0.1) is 0 Å². The summed E-state index contributed by atoms with van der Waals surface area (Å²) in [6.45, 7) is 4.03. The number of carboxylic acid groups (broad SMARTS) is 1. The SMILES string of the molecule is CCc1ccc(C)cc1.O=CO. The van der Waals surface area contributed by atoms with Gasteiger partial charge in [0.25, 0.3) is 6.47 Å². The fraction of sp³-hybridized carbons (Fsp3) is 0.300. The van der Waals surface area contributed by atoms with Crippen LogP contribution < -0.4 is 0 Å². The molecular weight excluding hydrogens is 152 g/mol. The van der Waals surface area contributed by atoms with E-state index in [1.54, 1.807) is 0 Å². The quantitative estimate of drug-likeness (QED) is 0.650. The van der Waals surface area contributed by atoms with Crippen molar-refractivity contribution in [3.05, 3.63) is 35.4 Å². The molecular formula is C10H14O2. The van der Waals surface area contributed by atoms with E-state index in [-0.39, 0.29) is 6.47 Å². The smallest absolute Gasteiger partial charge is 0.290 e. The number of aryl methyl sites for hydroxylation is 2. The minimum atomic E-state index is -0.250. The second kappa shape index (κ2) is 6.40. The molecule has 0 unspecified atom stereocenters. The normalized spacial score (nSPS) is 8.17. The molecule has 0 amide bonds. The van der Waals surface area contributed by atoms with Gasteiger partial charge in [-0.3, -0.25) is 4.79 Å². The van der Waals surface area contributed by atoms with Gasteiger partial charge in [-0.25, -0.2) is 0 Å². The van der Waals surface area contributed by atoms with E-state index < -0.39 is 0 Å². The van der Waals surface area contributed by atoms with Crippen molar-refractivity contribution in [1.29, 1.82) is 0 Å². The van der Waals surface area contributed by atoms with E-state index in [2.05, 4.69) is 38.1 Å². The molecule has 0 bridgehead atoms. The Labute approximate surface area is 72.9 Å². The molecule has 1 rings (SSSR count). The van der Waals surface area contributed by atoms with Gasteiger partial charge in [0.2, 0.25) is 0 Å². The van der Waals surface area contributed by atoms with Crippen LogP contribution in [0, 0.1) is 6.92 Å². The first-order valence-corrected chi connectivity index (χ1v) is 3.88. The van der Waals surface area contributed by atoms with Crippen LogP contribution in [0.1, 0.15) is 18.1 Å². The highest BCUT2D eigenvalue weighted by atomic mass is 16.3. The summed E-state index contributed by atoms with van der Waals surface area (Å²) in [5.41, 5.74) is 2.76. The van der Waals surface area contributed by atoms with E-state index in [1.807, 2.05) is 0 Å². The average molecular weight is 166 g/mol. The summed E-state index contributed by atoms with van der Waals surface area (Å²) in [5.74, 6) is 0. The van der Waals surface area contributed by atoms with Crippen molar-refractivity contribution in [1.82, 2.24) is 0 Å². The van der Waals surface area contributed by atoms with Gasteiger partial charge in [0, 0.05) is 0 Å². The van der Waals surface area contributed by atoms with E-state index in [9.17, 15) is 0 Å². The molecule has 0 heterocycles.